The highest BCUT2D eigenvalue weighted by Gasteiger charge is 2.47. The second-order valence-corrected chi connectivity index (χ2v) is 5.34. The summed E-state index contributed by atoms with van der Waals surface area (Å²) in [7, 11) is 0. The van der Waals surface area contributed by atoms with Crippen LogP contribution in [0.4, 0.5) is 13.2 Å². The lowest BCUT2D eigenvalue weighted by atomic mass is 9.78. The number of rotatable bonds is 2. The van der Waals surface area contributed by atoms with Crippen LogP contribution >= 0.6 is 0 Å². The molecule has 0 unspecified atom stereocenters. The molecule has 2 atom stereocenters. The zero-order valence-corrected chi connectivity index (χ0v) is 10.3. The van der Waals surface area contributed by atoms with E-state index in [4.69, 9.17) is 5.73 Å². The summed E-state index contributed by atoms with van der Waals surface area (Å²) in [4.78, 5) is 12.8. The van der Waals surface area contributed by atoms with Gasteiger partial charge in [0.2, 0.25) is 5.91 Å². The van der Waals surface area contributed by atoms with Gasteiger partial charge in [0.15, 0.2) is 6.04 Å². The summed E-state index contributed by atoms with van der Waals surface area (Å²) in [6, 6.07) is -2.39. The fourth-order valence-electron chi connectivity index (χ4n) is 1.98. The molecule has 0 aromatic rings. The Morgan fingerprint density at radius 2 is 1.94 bits per heavy atom. The smallest absolute Gasteiger partial charge is 0.340 e. The van der Waals surface area contributed by atoms with Crippen molar-refractivity contribution in [1.82, 2.24) is 4.90 Å². The Morgan fingerprint density at radius 1 is 1.41 bits per heavy atom. The SMILES string of the molecule is CC(C)[C@@]1(C)CCN(C(=O)[C@H](N)C(F)(F)F)C1. The van der Waals surface area contributed by atoms with Gasteiger partial charge >= 0.3 is 6.18 Å². The van der Waals surface area contributed by atoms with Gasteiger partial charge in [-0.1, -0.05) is 20.8 Å². The van der Waals surface area contributed by atoms with Crippen molar-refractivity contribution in [1.29, 1.82) is 0 Å². The Hall–Kier alpha value is -0.780. The van der Waals surface area contributed by atoms with E-state index in [1.54, 1.807) is 0 Å². The van der Waals surface area contributed by atoms with Gasteiger partial charge in [-0.25, -0.2) is 0 Å². The van der Waals surface area contributed by atoms with Crippen LogP contribution in [0, 0.1) is 11.3 Å². The molecule has 3 nitrogen and oxygen atoms in total. The fraction of sp³-hybridized carbons (Fsp3) is 0.909. The second-order valence-electron chi connectivity index (χ2n) is 5.34. The highest BCUT2D eigenvalue weighted by Crippen LogP contribution is 2.37. The summed E-state index contributed by atoms with van der Waals surface area (Å²) in [5.74, 6) is -0.690. The van der Waals surface area contributed by atoms with Crippen LogP contribution in [0.3, 0.4) is 0 Å². The first-order valence-corrected chi connectivity index (χ1v) is 5.69. The van der Waals surface area contributed by atoms with Gasteiger partial charge in [-0.3, -0.25) is 4.79 Å². The highest BCUT2D eigenvalue weighted by molar-refractivity contribution is 5.82. The summed E-state index contributed by atoms with van der Waals surface area (Å²) >= 11 is 0. The lowest BCUT2D eigenvalue weighted by Crippen LogP contribution is -2.51. The molecule has 1 aliphatic heterocycles. The molecule has 0 spiro atoms. The molecule has 0 aliphatic carbocycles. The van der Waals surface area contributed by atoms with Crippen LogP contribution in [0.2, 0.25) is 0 Å². The normalized spacial score (nSPS) is 27.6. The van der Waals surface area contributed by atoms with Gasteiger partial charge in [0.25, 0.3) is 0 Å². The highest BCUT2D eigenvalue weighted by atomic mass is 19.4. The van der Waals surface area contributed by atoms with Crippen molar-refractivity contribution in [3.05, 3.63) is 0 Å². The molecule has 0 aromatic heterocycles. The van der Waals surface area contributed by atoms with Gasteiger partial charge in [-0.05, 0) is 17.8 Å². The standard InChI is InChI=1S/C11H19F3N2O/c1-7(2)10(3)4-5-16(6-10)9(17)8(15)11(12,13)14/h7-8H,4-6,15H2,1-3H3/t8-,10-/m0/s1. The predicted molar refractivity (Wildman–Crippen MR) is 58.2 cm³/mol. The average molecular weight is 252 g/mol. The second kappa shape index (κ2) is 4.48. The van der Waals surface area contributed by atoms with E-state index in [0.29, 0.717) is 19.0 Å². The third-order valence-electron chi connectivity index (χ3n) is 3.83. The Morgan fingerprint density at radius 3 is 2.29 bits per heavy atom. The van der Waals surface area contributed by atoms with E-state index in [1.807, 2.05) is 20.8 Å². The van der Waals surface area contributed by atoms with Crippen LogP contribution in [0.1, 0.15) is 27.2 Å². The summed E-state index contributed by atoms with van der Waals surface area (Å²) < 4.78 is 37.0. The van der Waals surface area contributed by atoms with E-state index in [-0.39, 0.29) is 5.41 Å². The molecular formula is C11H19F3N2O. The molecule has 100 valence electrons. The minimum absolute atomic E-state index is 0.110. The topological polar surface area (TPSA) is 46.3 Å². The Kier molecular flexibility index (Phi) is 3.76. The third kappa shape index (κ3) is 2.91. The summed E-state index contributed by atoms with van der Waals surface area (Å²) in [5.41, 5.74) is 4.81. The molecular weight excluding hydrogens is 233 g/mol. The van der Waals surface area contributed by atoms with Gasteiger partial charge in [0, 0.05) is 13.1 Å². The van der Waals surface area contributed by atoms with Crippen molar-refractivity contribution < 1.29 is 18.0 Å². The molecule has 0 radical (unpaired) electrons. The Bertz CT molecular complexity index is 304. The average Bonchev–Trinajstić information content (AvgIpc) is 2.59. The molecule has 0 saturated carbocycles. The van der Waals surface area contributed by atoms with Crippen molar-refractivity contribution in [2.45, 2.75) is 39.4 Å². The largest absolute Gasteiger partial charge is 0.412 e. The van der Waals surface area contributed by atoms with Gasteiger partial charge < -0.3 is 10.6 Å². The first-order valence-electron chi connectivity index (χ1n) is 5.69. The van der Waals surface area contributed by atoms with Gasteiger partial charge in [-0.2, -0.15) is 13.2 Å². The zero-order chi connectivity index (χ0) is 13.4. The Labute approximate surface area is 99.1 Å². The van der Waals surface area contributed by atoms with Crippen molar-refractivity contribution in [3.8, 4) is 0 Å². The van der Waals surface area contributed by atoms with E-state index in [9.17, 15) is 18.0 Å². The van der Waals surface area contributed by atoms with E-state index in [2.05, 4.69) is 0 Å². The number of halogens is 3. The number of alkyl halides is 3. The number of nitrogens with zero attached hydrogens (tertiary/aromatic N) is 1. The van der Waals surface area contributed by atoms with Crippen LogP contribution < -0.4 is 5.73 Å². The number of hydrogen-bond acceptors (Lipinski definition) is 2. The van der Waals surface area contributed by atoms with Crippen molar-refractivity contribution in [2.24, 2.45) is 17.1 Å². The predicted octanol–water partition coefficient (Wildman–Crippen LogP) is 1.77. The van der Waals surface area contributed by atoms with Crippen molar-refractivity contribution >= 4 is 5.91 Å². The number of nitrogens with two attached hydrogens (primary N) is 1. The maximum absolute atomic E-state index is 12.3. The number of carbonyl (C=O) groups excluding carboxylic acids is 1. The van der Waals surface area contributed by atoms with Crippen LogP contribution in [0.25, 0.3) is 0 Å². The Balaban J connectivity index is 2.69. The van der Waals surface area contributed by atoms with E-state index in [1.165, 1.54) is 4.90 Å². The monoisotopic (exact) mass is 252 g/mol. The van der Waals surface area contributed by atoms with Crippen molar-refractivity contribution in [2.75, 3.05) is 13.1 Å². The number of carbonyl (C=O) groups is 1. The molecule has 1 fully saturated rings. The summed E-state index contributed by atoms with van der Waals surface area (Å²) in [6.07, 6.45) is -3.94. The minimum Gasteiger partial charge on any atom is -0.340 e. The third-order valence-corrected chi connectivity index (χ3v) is 3.83. The van der Waals surface area contributed by atoms with Gasteiger partial charge in [-0.15, -0.1) is 0 Å². The molecule has 1 heterocycles. The molecule has 17 heavy (non-hydrogen) atoms. The lowest BCUT2D eigenvalue weighted by Gasteiger charge is -2.29. The van der Waals surface area contributed by atoms with E-state index < -0.39 is 18.1 Å². The first kappa shape index (κ1) is 14.3. The molecule has 0 aromatic carbocycles. The quantitative estimate of drug-likeness (QED) is 0.814. The first-order chi connectivity index (χ1) is 7.58. The van der Waals surface area contributed by atoms with Crippen LogP contribution in [0.5, 0.6) is 0 Å². The zero-order valence-electron chi connectivity index (χ0n) is 10.3. The fourth-order valence-corrected chi connectivity index (χ4v) is 1.98. The minimum atomic E-state index is -4.66. The van der Waals surface area contributed by atoms with Crippen LogP contribution in [-0.4, -0.2) is 36.1 Å². The number of hydrogen-bond donors (Lipinski definition) is 1. The summed E-state index contributed by atoms with van der Waals surface area (Å²) in [6.45, 7) is 6.73. The molecule has 1 aliphatic rings. The van der Waals surface area contributed by atoms with E-state index in [0.717, 1.165) is 6.42 Å². The number of likely N-dealkylation sites (tertiary alicyclic amines) is 1. The van der Waals surface area contributed by atoms with Crippen LogP contribution in [-0.2, 0) is 4.79 Å². The molecule has 0 bridgehead atoms. The summed E-state index contributed by atoms with van der Waals surface area (Å²) in [5, 5.41) is 0. The van der Waals surface area contributed by atoms with Gasteiger partial charge in [0.05, 0.1) is 0 Å². The lowest BCUT2D eigenvalue weighted by molar-refractivity contribution is -0.169. The van der Waals surface area contributed by atoms with Gasteiger partial charge in [0.1, 0.15) is 0 Å². The van der Waals surface area contributed by atoms with E-state index >= 15 is 0 Å². The van der Waals surface area contributed by atoms with Crippen LogP contribution in [0.15, 0.2) is 0 Å². The molecule has 6 heteroatoms. The molecule has 1 saturated heterocycles. The van der Waals surface area contributed by atoms with Crippen molar-refractivity contribution in [3.63, 3.8) is 0 Å². The molecule has 1 rings (SSSR count). The number of amides is 1. The maximum atomic E-state index is 12.3. The molecule has 1 amide bonds. The maximum Gasteiger partial charge on any atom is 0.412 e. The molecule has 2 N–H and O–H groups in total.